The molecule has 2 aromatic rings. The summed E-state index contributed by atoms with van der Waals surface area (Å²) in [5, 5.41) is 0.769. The molecule has 25 heavy (non-hydrogen) atoms. The molecule has 0 heterocycles. The minimum absolute atomic E-state index is 0.100. The van der Waals surface area contributed by atoms with Crippen LogP contribution in [0.2, 0.25) is 0 Å². The fourth-order valence-electron chi connectivity index (χ4n) is 2.41. The van der Waals surface area contributed by atoms with Crippen molar-refractivity contribution in [3.05, 3.63) is 58.5 Å². The van der Waals surface area contributed by atoms with Gasteiger partial charge in [0.05, 0.1) is 4.91 Å². The lowest BCUT2D eigenvalue weighted by Gasteiger charge is -2.19. The van der Waals surface area contributed by atoms with Gasteiger partial charge in [-0.15, -0.1) is 0 Å². The average molecular weight is 384 g/mol. The van der Waals surface area contributed by atoms with E-state index in [-0.39, 0.29) is 10.9 Å². The molecule has 136 valence electrons. The molecule has 0 aliphatic carbocycles. The number of rotatable bonds is 3. The van der Waals surface area contributed by atoms with Crippen LogP contribution in [0, 0.1) is 0 Å². The average Bonchev–Trinajstić information content (AvgIpc) is 2.43. The second kappa shape index (κ2) is 6.34. The lowest BCUT2D eigenvalue weighted by molar-refractivity contribution is -0.172. The van der Waals surface area contributed by atoms with E-state index in [9.17, 15) is 34.8 Å². The van der Waals surface area contributed by atoms with Crippen LogP contribution in [0.1, 0.15) is 5.56 Å². The van der Waals surface area contributed by atoms with Crippen LogP contribution in [0.25, 0.3) is 10.8 Å². The minimum Gasteiger partial charge on any atom is -0.282 e. The Bertz CT molecular complexity index is 905. The Labute approximate surface area is 138 Å². The summed E-state index contributed by atoms with van der Waals surface area (Å²) in [6, 6.07) is 10.2. The van der Waals surface area contributed by atoms with Gasteiger partial charge >= 0.3 is 12.4 Å². The fourth-order valence-corrected chi connectivity index (χ4v) is 3.23. The Morgan fingerprint density at radius 1 is 0.880 bits per heavy atom. The second-order valence-electron chi connectivity index (χ2n) is 5.08. The first-order valence-corrected chi connectivity index (χ1v) is 8.07. The fraction of sp³-hybridized carbons (Fsp3) is 0.200. The molecule has 0 aromatic heterocycles. The second-order valence-corrected chi connectivity index (χ2v) is 6.53. The third-order valence-corrected chi connectivity index (χ3v) is 4.36. The van der Waals surface area contributed by atoms with Crippen LogP contribution in [0.4, 0.5) is 26.3 Å². The third-order valence-electron chi connectivity index (χ3n) is 3.39. The van der Waals surface area contributed by atoms with E-state index in [0.717, 1.165) is 0 Å². The van der Waals surface area contributed by atoms with Gasteiger partial charge in [-0.2, -0.15) is 34.8 Å². The minimum atomic E-state index is -6.01. The smallest absolute Gasteiger partial charge is 0.282 e. The van der Waals surface area contributed by atoms with Gasteiger partial charge in [0, 0.05) is 6.42 Å². The molecule has 10 heteroatoms. The number of hydrogen-bond acceptors (Lipinski definition) is 2. The maximum absolute atomic E-state index is 12.9. The Morgan fingerprint density at radius 3 is 1.92 bits per heavy atom. The van der Waals surface area contributed by atoms with Crippen LogP contribution in [-0.2, 0) is 16.5 Å². The monoisotopic (exact) mass is 384 g/mol. The Morgan fingerprint density at radius 2 is 1.40 bits per heavy atom. The van der Waals surface area contributed by atoms with Crippen LogP contribution in [0.3, 0.4) is 0 Å². The van der Waals surface area contributed by atoms with Gasteiger partial charge in [0.15, 0.2) is 5.57 Å². The molecule has 2 aromatic carbocycles. The van der Waals surface area contributed by atoms with E-state index in [1.54, 1.807) is 18.2 Å². The first kappa shape index (κ1) is 19.3. The number of benzene rings is 2. The van der Waals surface area contributed by atoms with Crippen LogP contribution in [0.5, 0.6) is 0 Å². The normalized spacial score (nSPS) is 13.1. The number of hydrogen-bond donors (Lipinski definition) is 1. The topological polar surface area (TPSA) is 54.4 Å². The maximum Gasteiger partial charge on any atom is 0.422 e. The Kier molecular flexibility index (Phi) is 4.88. The number of fused-ring (bicyclic) bond motifs is 1. The lowest BCUT2D eigenvalue weighted by Crippen LogP contribution is -2.30. The molecule has 0 bridgehead atoms. The molecule has 0 aliphatic heterocycles. The number of alkyl halides is 6. The quantitative estimate of drug-likeness (QED) is 0.619. The molecular formula is C15H10F6O3S. The van der Waals surface area contributed by atoms with Crippen molar-refractivity contribution in [1.29, 1.82) is 0 Å². The standard InChI is InChI=1S/C15H10F6O3S/c16-14(17,18)13(15(19,20)21)12(25(22,23)24)8-10-6-3-5-9-4-1-2-7-11(9)10/h1-7H,8H2,(H,22,23,24). The highest BCUT2D eigenvalue weighted by molar-refractivity contribution is 7.89. The van der Waals surface area contributed by atoms with Crippen LogP contribution >= 0.6 is 0 Å². The van der Waals surface area contributed by atoms with Gasteiger partial charge in [0.25, 0.3) is 10.1 Å². The summed E-state index contributed by atoms with van der Waals surface area (Å²) in [6.45, 7) is 0. The summed E-state index contributed by atoms with van der Waals surface area (Å²) in [4.78, 5) is -2.14. The van der Waals surface area contributed by atoms with E-state index >= 15 is 0 Å². The van der Waals surface area contributed by atoms with E-state index in [1.165, 1.54) is 24.3 Å². The summed E-state index contributed by atoms with van der Waals surface area (Å²) in [6.07, 6.45) is -13.3. The van der Waals surface area contributed by atoms with E-state index in [2.05, 4.69) is 0 Å². The zero-order valence-corrected chi connectivity index (χ0v) is 13.0. The molecule has 0 saturated carbocycles. The highest BCUT2D eigenvalue weighted by Gasteiger charge is 2.54. The van der Waals surface area contributed by atoms with Crippen molar-refractivity contribution in [2.75, 3.05) is 0 Å². The highest BCUT2D eigenvalue weighted by atomic mass is 32.2. The van der Waals surface area contributed by atoms with E-state index < -0.39 is 39.4 Å². The zero-order chi connectivity index (χ0) is 19.0. The van der Waals surface area contributed by atoms with Gasteiger partial charge in [-0.3, -0.25) is 4.55 Å². The summed E-state index contributed by atoms with van der Waals surface area (Å²) in [5.74, 6) is 0. The van der Waals surface area contributed by atoms with E-state index in [0.29, 0.717) is 5.39 Å². The summed E-state index contributed by atoms with van der Waals surface area (Å²) in [5.41, 5.74) is -3.34. The number of halogens is 6. The predicted molar refractivity (Wildman–Crippen MR) is 78.3 cm³/mol. The first-order valence-electron chi connectivity index (χ1n) is 6.63. The van der Waals surface area contributed by atoms with Crippen molar-refractivity contribution >= 4 is 20.9 Å². The molecule has 1 N–H and O–H groups in total. The van der Waals surface area contributed by atoms with Gasteiger partial charge in [0.1, 0.15) is 0 Å². The molecule has 0 spiro atoms. The molecule has 0 radical (unpaired) electrons. The van der Waals surface area contributed by atoms with E-state index in [1.807, 2.05) is 0 Å². The van der Waals surface area contributed by atoms with Crippen molar-refractivity contribution in [2.24, 2.45) is 0 Å². The predicted octanol–water partition coefficient (Wildman–Crippen LogP) is 4.65. The molecule has 0 amide bonds. The molecule has 0 atom stereocenters. The molecule has 2 rings (SSSR count). The van der Waals surface area contributed by atoms with Crippen molar-refractivity contribution in [2.45, 2.75) is 18.8 Å². The Hall–Kier alpha value is -2.07. The summed E-state index contributed by atoms with van der Waals surface area (Å²) >= 11 is 0. The summed E-state index contributed by atoms with van der Waals surface area (Å²) in [7, 11) is -5.76. The van der Waals surface area contributed by atoms with Gasteiger partial charge in [0.2, 0.25) is 0 Å². The molecule has 0 aliphatic rings. The maximum atomic E-state index is 12.9. The van der Waals surface area contributed by atoms with Gasteiger partial charge in [-0.25, -0.2) is 0 Å². The van der Waals surface area contributed by atoms with Crippen molar-refractivity contribution in [3.8, 4) is 0 Å². The van der Waals surface area contributed by atoms with Crippen molar-refractivity contribution < 1.29 is 39.3 Å². The third kappa shape index (κ3) is 4.31. The largest absolute Gasteiger partial charge is 0.422 e. The van der Waals surface area contributed by atoms with Gasteiger partial charge < -0.3 is 0 Å². The van der Waals surface area contributed by atoms with Crippen molar-refractivity contribution in [3.63, 3.8) is 0 Å². The SMILES string of the molecule is O=S(=O)(O)C(Cc1cccc2ccccc12)=C(C(F)(F)F)C(F)(F)F. The lowest BCUT2D eigenvalue weighted by atomic mass is 10.0. The van der Waals surface area contributed by atoms with E-state index in [4.69, 9.17) is 4.55 Å². The molecular weight excluding hydrogens is 374 g/mol. The number of allylic oxidation sites excluding steroid dienone is 2. The van der Waals surface area contributed by atoms with Crippen LogP contribution < -0.4 is 0 Å². The molecule has 0 fully saturated rings. The highest BCUT2D eigenvalue weighted by Crippen LogP contribution is 2.42. The first-order chi connectivity index (χ1) is 11.3. The molecule has 0 unspecified atom stereocenters. The van der Waals surface area contributed by atoms with Crippen molar-refractivity contribution in [1.82, 2.24) is 0 Å². The summed E-state index contributed by atoms with van der Waals surface area (Å²) < 4.78 is 109. The Balaban J connectivity index is 2.77. The molecule has 3 nitrogen and oxygen atoms in total. The van der Waals surface area contributed by atoms with Crippen LogP contribution in [-0.4, -0.2) is 25.3 Å². The van der Waals surface area contributed by atoms with Gasteiger partial charge in [-0.05, 0) is 16.3 Å². The zero-order valence-electron chi connectivity index (χ0n) is 12.2. The molecule has 0 saturated heterocycles. The van der Waals surface area contributed by atoms with Crippen LogP contribution in [0.15, 0.2) is 52.9 Å². The van der Waals surface area contributed by atoms with Gasteiger partial charge in [-0.1, -0.05) is 42.5 Å².